The van der Waals surface area contributed by atoms with Crippen LogP contribution < -0.4 is 4.74 Å². The summed E-state index contributed by atoms with van der Waals surface area (Å²) in [5, 5.41) is 9.20. The van der Waals surface area contributed by atoms with Gasteiger partial charge in [0.1, 0.15) is 11.5 Å². The Morgan fingerprint density at radius 1 is 1.00 bits per heavy atom. The van der Waals surface area contributed by atoms with Crippen LogP contribution >= 0.6 is 0 Å². The van der Waals surface area contributed by atoms with Crippen LogP contribution in [-0.4, -0.2) is 11.2 Å². The molecule has 1 atom stereocenters. The van der Waals surface area contributed by atoms with Crippen LogP contribution in [0, 0.1) is 0 Å². The molecule has 0 heterocycles. The molecule has 0 spiro atoms. The Labute approximate surface area is 107 Å². The third-order valence-corrected chi connectivity index (χ3v) is 2.40. The number of benzene rings is 2. The lowest BCUT2D eigenvalue weighted by molar-refractivity contribution is 0.245. The van der Waals surface area contributed by atoms with E-state index in [2.05, 4.69) is 0 Å². The average Bonchev–Trinajstić information content (AvgIpc) is 2.38. The molecule has 0 unspecified atom stereocenters. The lowest BCUT2D eigenvalue weighted by atomic mass is 10.2. The monoisotopic (exact) mass is 240 g/mol. The van der Waals surface area contributed by atoms with E-state index in [1.165, 1.54) is 0 Å². The molecule has 0 saturated carbocycles. The fourth-order valence-corrected chi connectivity index (χ4v) is 1.56. The highest BCUT2D eigenvalue weighted by atomic mass is 16.5. The molecule has 18 heavy (non-hydrogen) atoms. The Hall–Kier alpha value is -2.06. The fourth-order valence-electron chi connectivity index (χ4n) is 1.56. The van der Waals surface area contributed by atoms with Crippen LogP contribution in [0.15, 0.2) is 60.7 Å². The Kier molecular flexibility index (Phi) is 4.15. The zero-order chi connectivity index (χ0) is 12.8. The van der Waals surface area contributed by atoms with E-state index < -0.39 is 6.10 Å². The molecule has 2 rings (SSSR count). The van der Waals surface area contributed by atoms with E-state index in [-0.39, 0.29) is 0 Å². The Balaban J connectivity index is 2.13. The van der Waals surface area contributed by atoms with Crippen LogP contribution in [0.4, 0.5) is 0 Å². The molecule has 0 bridgehead atoms. The van der Waals surface area contributed by atoms with Crippen molar-refractivity contribution in [1.29, 1.82) is 0 Å². The van der Waals surface area contributed by atoms with Crippen molar-refractivity contribution in [2.45, 2.75) is 13.0 Å². The summed E-state index contributed by atoms with van der Waals surface area (Å²) in [5.41, 5.74) is 1.00. The molecule has 0 aliphatic rings. The van der Waals surface area contributed by atoms with Crippen LogP contribution in [-0.2, 0) is 0 Å². The number of aliphatic hydroxyl groups excluding tert-OH is 1. The van der Waals surface area contributed by atoms with Gasteiger partial charge in [-0.2, -0.15) is 0 Å². The molecular formula is C16H16O2. The minimum Gasteiger partial charge on any atom is -0.457 e. The largest absolute Gasteiger partial charge is 0.457 e. The van der Waals surface area contributed by atoms with Crippen LogP contribution in [0.5, 0.6) is 11.5 Å². The summed E-state index contributed by atoms with van der Waals surface area (Å²) in [6.45, 7) is 1.72. The van der Waals surface area contributed by atoms with Gasteiger partial charge in [0.25, 0.3) is 0 Å². The van der Waals surface area contributed by atoms with E-state index >= 15 is 0 Å². The van der Waals surface area contributed by atoms with Gasteiger partial charge in [-0.1, -0.05) is 42.5 Å². The molecule has 92 valence electrons. The van der Waals surface area contributed by atoms with Gasteiger partial charge >= 0.3 is 0 Å². The lowest BCUT2D eigenvalue weighted by Crippen LogP contribution is -1.91. The van der Waals surface area contributed by atoms with Crippen LogP contribution in [0.3, 0.4) is 0 Å². The first kappa shape index (κ1) is 12.4. The van der Waals surface area contributed by atoms with Crippen molar-refractivity contribution in [2.75, 3.05) is 0 Å². The van der Waals surface area contributed by atoms with Crippen molar-refractivity contribution in [1.82, 2.24) is 0 Å². The molecule has 2 aromatic rings. The Bertz CT molecular complexity index is 516. The molecule has 1 N–H and O–H groups in total. The second-order valence-electron chi connectivity index (χ2n) is 4.09. The maximum Gasteiger partial charge on any atom is 0.128 e. The zero-order valence-electron chi connectivity index (χ0n) is 10.3. The predicted molar refractivity (Wildman–Crippen MR) is 73.7 cm³/mol. The summed E-state index contributed by atoms with van der Waals surface area (Å²) in [6.07, 6.45) is 3.17. The first-order chi connectivity index (χ1) is 8.74. The summed E-state index contributed by atoms with van der Waals surface area (Å²) in [5.74, 6) is 1.60. The molecule has 0 amide bonds. The summed E-state index contributed by atoms with van der Waals surface area (Å²) < 4.78 is 5.73. The molecule has 0 aliphatic carbocycles. The second kappa shape index (κ2) is 6.03. The summed E-state index contributed by atoms with van der Waals surface area (Å²) >= 11 is 0. The quantitative estimate of drug-likeness (QED) is 0.879. The first-order valence-corrected chi connectivity index (χ1v) is 5.93. The van der Waals surface area contributed by atoms with Crippen molar-refractivity contribution in [3.63, 3.8) is 0 Å². The van der Waals surface area contributed by atoms with Crippen LogP contribution in [0.2, 0.25) is 0 Å². The smallest absolute Gasteiger partial charge is 0.128 e. The molecule has 2 nitrogen and oxygen atoms in total. The predicted octanol–water partition coefficient (Wildman–Crippen LogP) is 3.87. The van der Waals surface area contributed by atoms with Gasteiger partial charge in [0, 0.05) is 0 Å². The molecular weight excluding hydrogens is 224 g/mol. The van der Waals surface area contributed by atoms with Gasteiger partial charge in [-0.3, -0.25) is 0 Å². The van der Waals surface area contributed by atoms with E-state index in [9.17, 15) is 5.11 Å². The molecule has 0 aromatic heterocycles. The fraction of sp³-hybridized carbons (Fsp3) is 0.125. The van der Waals surface area contributed by atoms with Crippen LogP contribution in [0.25, 0.3) is 6.08 Å². The zero-order valence-corrected chi connectivity index (χ0v) is 10.3. The third kappa shape index (κ3) is 3.75. The van der Waals surface area contributed by atoms with E-state index in [1.807, 2.05) is 60.7 Å². The van der Waals surface area contributed by atoms with Gasteiger partial charge in [0.2, 0.25) is 0 Å². The van der Waals surface area contributed by atoms with Crippen molar-refractivity contribution in [3.05, 3.63) is 66.2 Å². The summed E-state index contributed by atoms with van der Waals surface area (Å²) in [7, 11) is 0. The lowest BCUT2D eigenvalue weighted by Gasteiger charge is -2.06. The van der Waals surface area contributed by atoms with Gasteiger partial charge in [0.05, 0.1) is 6.10 Å². The maximum absolute atomic E-state index is 9.20. The minimum atomic E-state index is -0.441. The number of rotatable bonds is 4. The molecule has 2 heteroatoms. The van der Waals surface area contributed by atoms with Crippen molar-refractivity contribution in [2.24, 2.45) is 0 Å². The number of ether oxygens (including phenoxy) is 1. The highest BCUT2D eigenvalue weighted by molar-refractivity contribution is 5.52. The third-order valence-electron chi connectivity index (χ3n) is 2.40. The number of para-hydroxylation sites is 1. The number of hydrogen-bond acceptors (Lipinski definition) is 2. The van der Waals surface area contributed by atoms with E-state index in [1.54, 1.807) is 13.0 Å². The topological polar surface area (TPSA) is 29.5 Å². The summed E-state index contributed by atoms with van der Waals surface area (Å²) in [4.78, 5) is 0. The number of aliphatic hydroxyl groups is 1. The standard InChI is InChI=1S/C16H16O2/c1-13(17)10-11-14-6-5-9-16(12-14)18-15-7-3-2-4-8-15/h2-13,17H,1H3/b11-10+/t13-/m0/s1. The van der Waals surface area contributed by atoms with E-state index in [0.717, 1.165) is 17.1 Å². The molecule has 0 radical (unpaired) electrons. The van der Waals surface area contributed by atoms with Crippen LogP contribution in [0.1, 0.15) is 12.5 Å². The van der Waals surface area contributed by atoms with E-state index in [0.29, 0.717) is 0 Å². The van der Waals surface area contributed by atoms with Crippen molar-refractivity contribution in [3.8, 4) is 11.5 Å². The second-order valence-corrected chi connectivity index (χ2v) is 4.09. The van der Waals surface area contributed by atoms with Gasteiger partial charge in [-0.25, -0.2) is 0 Å². The molecule has 0 fully saturated rings. The Morgan fingerprint density at radius 3 is 2.44 bits per heavy atom. The van der Waals surface area contributed by atoms with Crippen molar-refractivity contribution >= 4 is 6.08 Å². The maximum atomic E-state index is 9.20. The average molecular weight is 240 g/mol. The van der Waals surface area contributed by atoms with E-state index in [4.69, 9.17) is 4.74 Å². The SMILES string of the molecule is C[C@H](O)/C=C/c1cccc(Oc2ccccc2)c1. The van der Waals surface area contributed by atoms with Gasteiger partial charge in [-0.15, -0.1) is 0 Å². The van der Waals surface area contributed by atoms with Crippen molar-refractivity contribution < 1.29 is 9.84 Å². The highest BCUT2D eigenvalue weighted by Crippen LogP contribution is 2.22. The highest BCUT2D eigenvalue weighted by Gasteiger charge is 1.97. The van der Waals surface area contributed by atoms with Gasteiger partial charge in [-0.05, 0) is 36.8 Å². The molecule has 2 aromatic carbocycles. The molecule has 0 aliphatic heterocycles. The number of hydrogen-bond donors (Lipinski definition) is 1. The minimum absolute atomic E-state index is 0.441. The van der Waals surface area contributed by atoms with Gasteiger partial charge in [0.15, 0.2) is 0 Å². The Morgan fingerprint density at radius 2 is 1.72 bits per heavy atom. The normalized spacial score (nSPS) is 12.6. The summed E-state index contributed by atoms with van der Waals surface area (Å²) in [6, 6.07) is 17.4. The molecule has 0 saturated heterocycles. The van der Waals surface area contributed by atoms with Gasteiger partial charge < -0.3 is 9.84 Å². The first-order valence-electron chi connectivity index (χ1n) is 5.93.